The summed E-state index contributed by atoms with van der Waals surface area (Å²) in [5.41, 5.74) is 2.08. The van der Waals surface area contributed by atoms with Crippen LogP contribution in [0.5, 0.6) is 0 Å². The molecule has 1 fully saturated rings. The molecule has 28 heavy (non-hydrogen) atoms. The Labute approximate surface area is 167 Å². The fourth-order valence-corrected chi connectivity index (χ4v) is 3.67. The molecule has 1 aromatic heterocycles. The second-order valence-corrected chi connectivity index (χ2v) is 8.01. The summed E-state index contributed by atoms with van der Waals surface area (Å²) < 4.78 is 0. The van der Waals surface area contributed by atoms with Crippen LogP contribution in [0.15, 0.2) is 48.7 Å². The zero-order valence-electron chi connectivity index (χ0n) is 16.9. The summed E-state index contributed by atoms with van der Waals surface area (Å²) in [4.78, 5) is 19.0. The van der Waals surface area contributed by atoms with Gasteiger partial charge in [0, 0.05) is 44.5 Å². The number of rotatable bonds is 8. The van der Waals surface area contributed by atoms with E-state index in [9.17, 15) is 9.90 Å². The minimum Gasteiger partial charge on any atom is -0.379 e. The van der Waals surface area contributed by atoms with Gasteiger partial charge in [-0.05, 0) is 42.0 Å². The fourth-order valence-electron chi connectivity index (χ4n) is 3.67. The largest absolute Gasteiger partial charge is 0.379 e. The minimum atomic E-state index is -1.32. The van der Waals surface area contributed by atoms with Crippen LogP contribution in [0.3, 0.4) is 0 Å². The Hall–Kier alpha value is -2.24. The molecule has 5 nitrogen and oxygen atoms in total. The van der Waals surface area contributed by atoms with E-state index in [0.29, 0.717) is 32.0 Å². The molecule has 0 saturated carbocycles. The van der Waals surface area contributed by atoms with Crippen molar-refractivity contribution in [1.29, 1.82) is 0 Å². The molecule has 1 aliphatic rings. The van der Waals surface area contributed by atoms with Gasteiger partial charge in [0.25, 0.3) is 5.91 Å². The molecule has 0 aliphatic carbocycles. The molecule has 1 atom stereocenters. The third-order valence-electron chi connectivity index (χ3n) is 5.43. The molecule has 1 unspecified atom stereocenters. The fraction of sp³-hybridized carbons (Fsp3) is 0.478. The number of hydrogen-bond donors (Lipinski definition) is 2. The van der Waals surface area contributed by atoms with Gasteiger partial charge in [0.15, 0.2) is 5.60 Å². The van der Waals surface area contributed by atoms with E-state index in [4.69, 9.17) is 0 Å². The number of nitrogens with zero attached hydrogens (tertiary/aromatic N) is 2. The Kier molecular flexibility index (Phi) is 6.81. The van der Waals surface area contributed by atoms with E-state index in [1.165, 1.54) is 5.56 Å². The first-order valence-electron chi connectivity index (χ1n) is 10.2. The molecule has 2 N–H and O–H groups in total. The molecule has 1 aromatic carbocycles. The van der Waals surface area contributed by atoms with E-state index in [0.717, 1.165) is 24.1 Å². The molecule has 1 amide bonds. The van der Waals surface area contributed by atoms with Crippen molar-refractivity contribution in [3.63, 3.8) is 0 Å². The SMILES string of the molecule is CC(C)c1ccc(CN2CCCC(O)(CNCCc3ccccn3)C2=O)cc1. The quantitative estimate of drug-likeness (QED) is 0.690. The Morgan fingerprint density at radius 2 is 2.00 bits per heavy atom. The standard InChI is InChI=1S/C23H31N3O2/c1-18(2)20-9-7-19(8-10-20)16-26-15-5-12-23(28,22(26)27)17-24-14-11-21-6-3-4-13-25-21/h3-4,6-10,13,18,24,28H,5,11-12,14-17H2,1-2H3. The summed E-state index contributed by atoms with van der Waals surface area (Å²) in [5.74, 6) is 0.324. The predicted octanol–water partition coefficient (Wildman–Crippen LogP) is 2.89. The van der Waals surface area contributed by atoms with Gasteiger partial charge in [0.2, 0.25) is 0 Å². The minimum absolute atomic E-state index is 0.169. The molecule has 0 bridgehead atoms. The van der Waals surface area contributed by atoms with Crippen LogP contribution in [0.2, 0.25) is 0 Å². The Morgan fingerprint density at radius 1 is 1.21 bits per heavy atom. The highest BCUT2D eigenvalue weighted by Crippen LogP contribution is 2.24. The van der Waals surface area contributed by atoms with Gasteiger partial charge >= 0.3 is 0 Å². The lowest BCUT2D eigenvalue weighted by atomic mass is 9.91. The Balaban J connectivity index is 1.53. The van der Waals surface area contributed by atoms with Crippen LogP contribution in [0.1, 0.15) is 49.4 Å². The average Bonchev–Trinajstić information content (AvgIpc) is 2.70. The molecule has 1 saturated heterocycles. The number of aromatic nitrogens is 1. The smallest absolute Gasteiger partial charge is 0.256 e. The molecule has 0 spiro atoms. The summed E-state index contributed by atoms with van der Waals surface area (Å²) in [6.07, 6.45) is 3.87. The molecule has 2 heterocycles. The maximum Gasteiger partial charge on any atom is 0.256 e. The topological polar surface area (TPSA) is 65.5 Å². The van der Waals surface area contributed by atoms with Crippen molar-refractivity contribution in [2.75, 3.05) is 19.6 Å². The van der Waals surface area contributed by atoms with E-state index in [-0.39, 0.29) is 12.5 Å². The van der Waals surface area contributed by atoms with Crippen LogP contribution in [0.25, 0.3) is 0 Å². The first kappa shape index (κ1) is 20.5. The summed E-state index contributed by atoms with van der Waals surface area (Å²) >= 11 is 0. The van der Waals surface area contributed by atoms with Gasteiger partial charge in [-0.1, -0.05) is 44.2 Å². The van der Waals surface area contributed by atoms with Crippen LogP contribution in [-0.4, -0.2) is 46.1 Å². The summed E-state index contributed by atoms with van der Waals surface area (Å²) in [7, 11) is 0. The second-order valence-electron chi connectivity index (χ2n) is 8.01. The number of pyridine rings is 1. The number of aliphatic hydroxyl groups is 1. The first-order chi connectivity index (χ1) is 13.5. The first-order valence-corrected chi connectivity index (χ1v) is 10.2. The van der Waals surface area contributed by atoms with Gasteiger partial charge in [0.1, 0.15) is 0 Å². The molecule has 150 valence electrons. The number of nitrogens with one attached hydrogen (secondary N) is 1. The Morgan fingerprint density at radius 3 is 2.68 bits per heavy atom. The normalized spacial score (nSPS) is 20.0. The van der Waals surface area contributed by atoms with Crippen LogP contribution in [-0.2, 0) is 17.8 Å². The van der Waals surface area contributed by atoms with Crippen molar-refractivity contribution in [2.45, 2.75) is 51.2 Å². The number of benzene rings is 1. The van der Waals surface area contributed by atoms with Crippen LogP contribution < -0.4 is 5.32 Å². The molecular weight excluding hydrogens is 350 g/mol. The van der Waals surface area contributed by atoms with E-state index >= 15 is 0 Å². The molecule has 3 rings (SSSR count). The van der Waals surface area contributed by atoms with Gasteiger partial charge < -0.3 is 15.3 Å². The maximum absolute atomic E-state index is 12.9. The summed E-state index contributed by atoms with van der Waals surface area (Å²) in [6.45, 7) is 6.55. The number of carbonyl (C=O) groups is 1. The van der Waals surface area contributed by atoms with Gasteiger partial charge in [-0.15, -0.1) is 0 Å². The highest BCUT2D eigenvalue weighted by Gasteiger charge is 2.41. The van der Waals surface area contributed by atoms with E-state index in [2.05, 4.69) is 48.4 Å². The molecular formula is C23H31N3O2. The summed E-state index contributed by atoms with van der Waals surface area (Å²) in [5, 5.41) is 14.2. The Bertz CT molecular complexity index is 761. The van der Waals surface area contributed by atoms with E-state index < -0.39 is 5.60 Å². The summed E-state index contributed by atoms with van der Waals surface area (Å²) in [6, 6.07) is 14.3. The average molecular weight is 382 g/mol. The van der Waals surface area contributed by atoms with Crippen molar-refractivity contribution in [3.8, 4) is 0 Å². The van der Waals surface area contributed by atoms with Crippen molar-refractivity contribution in [1.82, 2.24) is 15.2 Å². The van der Waals surface area contributed by atoms with Crippen molar-refractivity contribution < 1.29 is 9.90 Å². The number of hydrogen-bond acceptors (Lipinski definition) is 4. The lowest BCUT2D eigenvalue weighted by molar-refractivity contribution is -0.157. The second kappa shape index (κ2) is 9.30. The number of likely N-dealkylation sites (tertiary alicyclic amines) is 1. The highest BCUT2D eigenvalue weighted by molar-refractivity contribution is 5.86. The molecule has 5 heteroatoms. The zero-order valence-corrected chi connectivity index (χ0v) is 16.9. The molecule has 2 aromatic rings. The van der Waals surface area contributed by atoms with Gasteiger partial charge in [-0.2, -0.15) is 0 Å². The van der Waals surface area contributed by atoms with E-state index in [1.54, 1.807) is 11.1 Å². The van der Waals surface area contributed by atoms with Gasteiger partial charge in [0.05, 0.1) is 0 Å². The van der Waals surface area contributed by atoms with Gasteiger partial charge in [-0.3, -0.25) is 9.78 Å². The van der Waals surface area contributed by atoms with Crippen molar-refractivity contribution in [2.24, 2.45) is 0 Å². The highest BCUT2D eigenvalue weighted by atomic mass is 16.3. The third kappa shape index (κ3) is 5.18. The lowest BCUT2D eigenvalue weighted by Crippen LogP contribution is -2.57. The number of amides is 1. The number of carbonyl (C=O) groups excluding carboxylic acids is 1. The van der Waals surface area contributed by atoms with Crippen molar-refractivity contribution >= 4 is 5.91 Å². The van der Waals surface area contributed by atoms with E-state index in [1.807, 2.05) is 18.2 Å². The van der Waals surface area contributed by atoms with Crippen LogP contribution in [0, 0.1) is 0 Å². The predicted molar refractivity (Wildman–Crippen MR) is 111 cm³/mol. The molecule has 0 radical (unpaired) electrons. The zero-order chi connectivity index (χ0) is 20.0. The van der Waals surface area contributed by atoms with Gasteiger partial charge in [-0.25, -0.2) is 0 Å². The van der Waals surface area contributed by atoms with Crippen molar-refractivity contribution in [3.05, 3.63) is 65.5 Å². The lowest BCUT2D eigenvalue weighted by Gasteiger charge is -2.38. The monoisotopic (exact) mass is 381 g/mol. The number of piperidine rings is 1. The molecule has 1 aliphatic heterocycles. The maximum atomic E-state index is 12.9. The van der Waals surface area contributed by atoms with Crippen LogP contribution >= 0.6 is 0 Å². The third-order valence-corrected chi connectivity index (χ3v) is 5.43. The van der Waals surface area contributed by atoms with Crippen LogP contribution in [0.4, 0.5) is 0 Å².